The van der Waals surface area contributed by atoms with E-state index in [4.69, 9.17) is 13.7 Å². The van der Waals surface area contributed by atoms with Crippen LogP contribution >= 0.6 is 0 Å². The van der Waals surface area contributed by atoms with Gasteiger partial charge in [0, 0.05) is 5.92 Å². The van der Waals surface area contributed by atoms with Crippen molar-refractivity contribution in [2.75, 3.05) is 13.2 Å². The second kappa shape index (κ2) is 5.68. The molecule has 6 nitrogen and oxygen atoms in total. The summed E-state index contributed by atoms with van der Waals surface area (Å²) in [6.45, 7) is 10.3. The summed E-state index contributed by atoms with van der Waals surface area (Å²) in [6.07, 6.45) is 0.680. The highest BCUT2D eigenvalue weighted by Crippen LogP contribution is 2.64. The molecule has 5 unspecified atom stereocenters. The summed E-state index contributed by atoms with van der Waals surface area (Å²) in [5.74, 6) is -0.0711. The number of ether oxygens (including phenoxy) is 2. The van der Waals surface area contributed by atoms with Gasteiger partial charge in [-0.3, -0.25) is 8.98 Å². The Hall–Kier alpha value is -0.660. The number of carbonyl (C=O) groups is 1. The molecule has 5 atom stereocenters. The molecule has 0 amide bonds. The minimum absolute atomic E-state index is 0.000856. The van der Waals surface area contributed by atoms with Gasteiger partial charge < -0.3 is 9.47 Å². The molecule has 0 radical (unpaired) electrons. The summed E-state index contributed by atoms with van der Waals surface area (Å²) in [6, 6.07) is 0. The van der Waals surface area contributed by atoms with Gasteiger partial charge in [0.15, 0.2) is 0 Å². The molecule has 0 aromatic carbocycles. The molecule has 2 aliphatic carbocycles. The van der Waals surface area contributed by atoms with Gasteiger partial charge in [0.2, 0.25) is 0 Å². The van der Waals surface area contributed by atoms with Crippen molar-refractivity contribution in [2.45, 2.75) is 64.9 Å². The van der Waals surface area contributed by atoms with Crippen molar-refractivity contribution in [2.24, 2.45) is 22.7 Å². The van der Waals surface area contributed by atoms with Gasteiger partial charge in [-0.2, -0.15) is 8.42 Å². The van der Waals surface area contributed by atoms with Crippen LogP contribution in [0.3, 0.4) is 0 Å². The van der Waals surface area contributed by atoms with Gasteiger partial charge in [-0.05, 0) is 38.0 Å². The first-order valence-corrected chi connectivity index (χ1v) is 10.2. The van der Waals surface area contributed by atoms with Gasteiger partial charge in [-0.1, -0.05) is 20.8 Å². The lowest BCUT2D eigenvalue weighted by molar-refractivity contribution is -0.157. The van der Waals surface area contributed by atoms with E-state index in [1.54, 1.807) is 0 Å². The highest BCUT2D eigenvalue weighted by molar-refractivity contribution is 7.87. The number of fused-ring (bicyclic) bond motifs is 1. The quantitative estimate of drug-likeness (QED) is 0.410. The zero-order valence-corrected chi connectivity index (χ0v) is 15.9. The van der Waals surface area contributed by atoms with Crippen molar-refractivity contribution in [3.8, 4) is 0 Å². The number of hydrogen-bond acceptors (Lipinski definition) is 6. The van der Waals surface area contributed by atoms with E-state index < -0.39 is 21.6 Å². The van der Waals surface area contributed by atoms with Crippen LogP contribution in [0.1, 0.15) is 47.5 Å². The fourth-order valence-electron chi connectivity index (χ4n) is 4.56. The van der Waals surface area contributed by atoms with Gasteiger partial charge in [0.05, 0.1) is 23.4 Å². The molecule has 1 heterocycles. The molecule has 3 rings (SSSR count). The molecule has 3 aliphatic rings. The van der Waals surface area contributed by atoms with Crippen LogP contribution in [0.4, 0.5) is 0 Å². The lowest BCUT2D eigenvalue weighted by atomic mass is 9.81. The maximum absolute atomic E-state index is 12.1. The Morgan fingerprint density at radius 1 is 1.29 bits per heavy atom. The normalized spacial score (nSPS) is 38.5. The predicted molar refractivity (Wildman–Crippen MR) is 87.7 cm³/mol. The third kappa shape index (κ3) is 2.59. The largest absolute Gasteiger partial charge is 0.463 e. The van der Waals surface area contributed by atoms with Gasteiger partial charge in [0.1, 0.15) is 12.7 Å². The van der Waals surface area contributed by atoms with Crippen molar-refractivity contribution in [3.63, 3.8) is 0 Å². The van der Waals surface area contributed by atoms with Crippen LogP contribution in [0.25, 0.3) is 0 Å². The van der Waals surface area contributed by atoms with E-state index in [0.29, 0.717) is 12.8 Å². The highest BCUT2D eigenvalue weighted by atomic mass is 32.2. The lowest BCUT2D eigenvalue weighted by Crippen LogP contribution is -2.36. The fourth-order valence-corrected chi connectivity index (χ4v) is 6.55. The zero-order valence-electron chi connectivity index (χ0n) is 15.1. The molecule has 0 aromatic rings. The summed E-state index contributed by atoms with van der Waals surface area (Å²) in [5, 5.41) is -0.384. The van der Waals surface area contributed by atoms with Gasteiger partial charge in [-0.15, -0.1) is 0 Å². The lowest BCUT2D eigenvalue weighted by Gasteiger charge is -2.27. The number of rotatable bonds is 6. The number of hydrogen-bond donors (Lipinski definition) is 0. The summed E-state index contributed by atoms with van der Waals surface area (Å²) < 4.78 is 40.8. The van der Waals surface area contributed by atoms with E-state index in [1.165, 1.54) is 0 Å². The Labute approximate surface area is 144 Å². The molecule has 7 heteroatoms. The summed E-state index contributed by atoms with van der Waals surface area (Å²) in [5.41, 5.74) is -0.602. The van der Waals surface area contributed by atoms with Crippen molar-refractivity contribution < 1.29 is 26.9 Å². The molecule has 1 saturated heterocycles. The second-order valence-electron chi connectivity index (χ2n) is 8.49. The first-order chi connectivity index (χ1) is 11.0. The molecule has 0 N–H and O–H groups in total. The molecular weight excluding hydrogens is 332 g/mol. The highest BCUT2D eigenvalue weighted by Gasteiger charge is 2.72. The van der Waals surface area contributed by atoms with E-state index in [-0.39, 0.29) is 47.8 Å². The van der Waals surface area contributed by atoms with Crippen LogP contribution in [-0.2, 0) is 28.6 Å². The molecule has 0 spiro atoms. The smallest absolute Gasteiger partial charge is 0.311 e. The van der Waals surface area contributed by atoms with E-state index in [2.05, 4.69) is 13.8 Å². The second-order valence-corrected chi connectivity index (χ2v) is 10.3. The molecule has 3 fully saturated rings. The van der Waals surface area contributed by atoms with Crippen LogP contribution in [0.2, 0.25) is 0 Å². The monoisotopic (exact) mass is 360 g/mol. The van der Waals surface area contributed by atoms with Crippen molar-refractivity contribution >= 4 is 16.1 Å². The van der Waals surface area contributed by atoms with E-state index in [0.717, 1.165) is 0 Å². The minimum atomic E-state index is -3.47. The van der Waals surface area contributed by atoms with E-state index in [1.807, 2.05) is 20.8 Å². The summed E-state index contributed by atoms with van der Waals surface area (Å²) >= 11 is 0. The van der Waals surface area contributed by atoms with Gasteiger partial charge in [0.25, 0.3) is 10.1 Å². The molecule has 2 saturated carbocycles. The standard InChI is InChI=1S/C17H28O6S/c1-6-16(2,3)15(18)22-8-7-21-13-10-9-11-12(17(10,4)5)14(13)23-24(11,19)20/h10-14H,6-9H2,1-5H3. The minimum Gasteiger partial charge on any atom is -0.463 e. The average Bonchev–Trinajstić information content (AvgIpc) is 2.96. The predicted octanol–water partition coefficient (Wildman–Crippen LogP) is 2.12. The molecular formula is C17H28O6S. The molecule has 138 valence electrons. The SMILES string of the molecule is CCC(C)(C)C(=O)OCCOC1C2OS(=O)(=O)C3CC1C(C)(C)C23. The number of carbonyl (C=O) groups excluding carboxylic acids is 1. The van der Waals surface area contributed by atoms with Crippen LogP contribution in [0.15, 0.2) is 0 Å². The molecule has 1 aliphatic heterocycles. The Kier molecular flexibility index (Phi) is 4.29. The van der Waals surface area contributed by atoms with Crippen LogP contribution < -0.4 is 0 Å². The third-order valence-electron chi connectivity index (χ3n) is 6.46. The van der Waals surface area contributed by atoms with Crippen LogP contribution in [0.5, 0.6) is 0 Å². The average molecular weight is 360 g/mol. The van der Waals surface area contributed by atoms with Crippen molar-refractivity contribution in [3.05, 3.63) is 0 Å². The number of esters is 1. The Balaban J connectivity index is 1.57. The Bertz CT molecular complexity index is 623. The molecule has 2 bridgehead atoms. The van der Waals surface area contributed by atoms with Gasteiger partial charge in [-0.25, -0.2) is 0 Å². The van der Waals surface area contributed by atoms with Crippen LogP contribution in [0, 0.1) is 22.7 Å². The van der Waals surface area contributed by atoms with E-state index in [9.17, 15) is 13.2 Å². The fraction of sp³-hybridized carbons (Fsp3) is 0.941. The molecule has 0 aromatic heterocycles. The zero-order chi connectivity index (χ0) is 17.9. The van der Waals surface area contributed by atoms with E-state index >= 15 is 0 Å². The maximum atomic E-state index is 12.1. The van der Waals surface area contributed by atoms with Crippen LogP contribution in [-0.4, -0.2) is 45.1 Å². The molecule has 24 heavy (non-hydrogen) atoms. The Morgan fingerprint density at radius 2 is 1.96 bits per heavy atom. The summed E-state index contributed by atoms with van der Waals surface area (Å²) in [4.78, 5) is 12.0. The summed E-state index contributed by atoms with van der Waals surface area (Å²) in [7, 11) is -3.47. The van der Waals surface area contributed by atoms with Crippen molar-refractivity contribution in [1.82, 2.24) is 0 Å². The maximum Gasteiger partial charge on any atom is 0.311 e. The Morgan fingerprint density at radius 3 is 2.58 bits per heavy atom. The van der Waals surface area contributed by atoms with Crippen molar-refractivity contribution in [1.29, 1.82) is 0 Å². The first-order valence-electron chi connectivity index (χ1n) is 8.73. The topological polar surface area (TPSA) is 78.9 Å². The first kappa shape index (κ1) is 18.1. The van der Waals surface area contributed by atoms with Gasteiger partial charge >= 0.3 is 5.97 Å². The third-order valence-corrected chi connectivity index (χ3v) is 8.17.